The van der Waals surface area contributed by atoms with Crippen LogP contribution in [0.2, 0.25) is 0 Å². The average molecular weight is 784 g/mol. The molecule has 1 fully saturated rings. The molecule has 1 aliphatic rings. The Kier molecular flexibility index (Phi) is 31.8. The zero-order valence-electron chi connectivity index (χ0n) is 34.8. The molecule has 0 unspecified atom stereocenters. The minimum Gasteiger partial charge on any atom is -0.452 e. The van der Waals surface area contributed by atoms with Crippen molar-refractivity contribution in [3.05, 3.63) is 24.3 Å². The number of carbonyl (C=O) groups excluding carboxylic acids is 2. The van der Waals surface area contributed by atoms with Gasteiger partial charge in [-0.25, -0.2) is 0 Å². The van der Waals surface area contributed by atoms with Crippen molar-refractivity contribution in [1.82, 2.24) is 5.32 Å². The molecule has 55 heavy (non-hydrogen) atoms. The van der Waals surface area contributed by atoms with E-state index in [1.54, 1.807) is 6.08 Å². The summed E-state index contributed by atoms with van der Waals surface area (Å²) in [5.74, 6) is -1.16. The second kappa shape index (κ2) is 34.2. The van der Waals surface area contributed by atoms with Crippen LogP contribution in [0.5, 0.6) is 0 Å². The second-order valence-electron chi connectivity index (χ2n) is 15.5. The van der Waals surface area contributed by atoms with Gasteiger partial charge in [0.15, 0.2) is 12.4 Å². The number of aliphatic hydroxyl groups excluding tert-OH is 5. The maximum atomic E-state index is 13.5. The highest BCUT2D eigenvalue weighted by Gasteiger charge is 2.44. The fourth-order valence-electron chi connectivity index (χ4n) is 6.89. The molecule has 0 spiro atoms. The van der Waals surface area contributed by atoms with Gasteiger partial charge in [0.1, 0.15) is 24.4 Å². The topological polar surface area (TPSA) is 175 Å². The van der Waals surface area contributed by atoms with Crippen molar-refractivity contribution in [3.63, 3.8) is 0 Å². The van der Waals surface area contributed by atoms with E-state index in [-0.39, 0.29) is 6.61 Å². The van der Waals surface area contributed by atoms with E-state index in [0.29, 0.717) is 19.3 Å². The molecule has 8 atom stereocenters. The van der Waals surface area contributed by atoms with Crippen LogP contribution in [0.1, 0.15) is 181 Å². The molecule has 1 rings (SSSR count). The number of rotatable bonds is 35. The molecule has 322 valence electrons. The van der Waals surface area contributed by atoms with Gasteiger partial charge in [0.25, 0.3) is 5.91 Å². The molecule has 0 saturated carbocycles. The fourth-order valence-corrected chi connectivity index (χ4v) is 6.89. The quantitative estimate of drug-likeness (QED) is 0.0215. The van der Waals surface area contributed by atoms with Crippen LogP contribution in [0.4, 0.5) is 0 Å². The molecule has 11 nitrogen and oxygen atoms in total. The summed E-state index contributed by atoms with van der Waals surface area (Å²) < 4.78 is 16.6. The Hall–Kier alpha value is -1.86. The molecular weight excluding hydrogens is 702 g/mol. The first-order valence-electron chi connectivity index (χ1n) is 22.1. The van der Waals surface area contributed by atoms with Crippen LogP contribution >= 0.6 is 0 Å². The van der Waals surface area contributed by atoms with Crippen molar-refractivity contribution in [2.24, 2.45) is 0 Å². The van der Waals surface area contributed by atoms with Crippen LogP contribution in [0, 0.1) is 0 Å². The third kappa shape index (κ3) is 25.2. The number of aliphatic hydroxyl groups is 5. The zero-order valence-corrected chi connectivity index (χ0v) is 34.8. The van der Waals surface area contributed by atoms with Crippen molar-refractivity contribution < 1.29 is 49.3 Å². The molecule has 1 aliphatic heterocycles. The van der Waals surface area contributed by atoms with Gasteiger partial charge in [0, 0.05) is 6.92 Å². The first-order chi connectivity index (χ1) is 26.7. The van der Waals surface area contributed by atoms with E-state index in [1.165, 1.54) is 116 Å². The summed E-state index contributed by atoms with van der Waals surface area (Å²) in [6, 6.07) is -1.03. The molecule has 1 saturated heterocycles. The Morgan fingerprint density at radius 3 is 1.69 bits per heavy atom. The molecular formula is C44H81NO10. The standard InChI is InChI=1S/C44H81NO10/c1-4-6-8-10-12-14-16-18-20-22-24-26-28-30-32-38(54-35(3)47)43(52)45-36(34-53-44-42(51)41(50)40(49)39(33-46)55-44)37(48)31-29-27-25-23-21-19-17-15-13-11-9-7-5-2/h21,23,29,31,36-42,44,46,48-51H,4-20,22,24-28,30,32-34H2,1-3H3,(H,45,52)/b23-21-,31-29+/t36-,37+,38+,39+,40+,41-,42+,44+/m0/s1. The molecule has 0 aromatic rings. The van der Waals surface area contributed by atoms with Crippen LogP contribution in [0.15, 0.2) is 24.3 Å². The molecule has 0 aromatic heterocycles. The predicted octanol–water partition coefficient (Wildman–Crippen LogP) is 7.49. The molecule has 0 aliphatic carbocycles. The van der Waals surface area contributed by atoms with E-state index in [9.17, 15) is 35.1 Å². The molecule has 11 heteroatoms. The lowest BCUT2D eigenvalue weighted by atomic mass is 9.99. The summed E-state index contributed by atoms with van der Waals surface area (Å²) in [5.41, 5.74) is 0. The van der Waals surface area contributed by atoms with Crippen molar-refractivity contribution in [1.29, 1.82) is 0 Å². The number of allylic oxidation sites excluding steroid dienone is 3. The van der Waals surface area contributed by atoms with Gasteiger partial charge in [-0.3, -0.25) is 9.59 Å². The van der Waals surface area contributed by atoms with Crippen LogP contribution < -0.4 is 5.32 Å². The molecule has 1 amide bonds. The second-order valence-corrected chi connectivity index (χ2v) is 15.5. The first kappa shape index (κ1) is 51.2. The lowest BCUT2D eigenvalue weighted by Crippen LogP contribution is -2.60. The number of unbranched alkanes of at least 4 members (excludes halogenated alkanes) is 21. The van der Waals surface area contributed by atoms with Crippen molar-refractivity contribution >= 4 is 11.9 Å². The summed E-state index contributed by atoms with van der Waals surface area (Å²) in [5, 5.41) is 54.3. The number of amides is 1. The van der Waals surface area contributed by atoms with E-state index < -0.39 is 67.4 Å². The van der Waals surface area contributed by atoms with E-state index in [2.05, 4.69) is 31.3 Å². The van der Waals surface area contributed by atoms with Gasteiger partial charge in [-0.05, 0) is 38.5 Å². The number of ether oxygens (including phenoxy) is 3. The fraction of sp³-hybridized carbons (Fsp3) is 0.864. The Morgan fingerprint density at radius 1 is 0.673 bits per heavy atom. The highest BCUT2D eigenvalue weighted by atomic mass is 16.7. The summed E-state index contributed by atoms with van der Waals surface area (Å²) >= 11 is 0. The first-order valence-corrected chi connectivity index (χ1v) is 22.1. The molecule has 6 N–H and O–H groups in total. The van der Waals surface area contributed by atoms with Crippen molar-refractivity contribution in [2.75, 3.05) is 13.2 Å². The van der Waals surface area contributed by atoms with Gasteiger partial charge in [-0.1, -0.05) is 160 Å². The van der Waals surface area contributed by atoms with Crippen LogP contribution in [-0.2, 0) is 23.8 Å². The minimum absolute atomic E-state index is 0.334. The average Bonchev–Trinajstić information content (AvgIpc) is 3.17. The van der Waals surface area contributed by atoms with Crippen LogP contribution in [-0.4, -0.2) is 99.6 Å². The van der Waals surface area contributed by atoms with E-state index in [4.69, 9.17) is 14.2 Å². The molecule has 1 heterocycles. The van der Waals surface area contributed by atoms with Gasteiger partial charge in [0.05, 0.1) is 25.4 Å². The third-order valence-electron chi connectivity index (χ3n) is 10.4. The Balaban J connectivity index is 2.67. The van der Waals surface area contributed by atoms with Crippen molar-refractivity contribution in [3.8, 4) is 0 Å². The maximum Gasteiger partial charge on any atom is 0.303 e. The Morgan fingerprint density at radius 2 is 1.16 bits per heavy atom. The van der Waals surface area contributed by atoms with Gasteiger partial charge < -0.3 is 45.1 Å². The largest absolute Gasteiger partial charge is 0.452 e. The summed E-state index contributed by atoms with van der Waals surface area (Å²) in [6.45, 7) is 4.76. The molecule has 0 bridgehead atoms. The number of hydrogen-bond acceptors (Lipinski definition) is 10. The van der Waals surface area contributed by atoms with Gasteiger partial charge >= 0.3 is 5.97 Å². The number of nitrogens with one attached hydrogen (secondary N) is 1. The van der Waals surface area contributed by atoms with Gasteiger partial charge in [-0.15, -0.1) is 0 Å². The third-order valence-corrected chi connectivity index (χ3v) is 10.4. The highest BCUT2D eigenvalue weighted by molar-refractivity contribution is 5.83. The lowest BCUT2D eigenvalue weighted by molar-refractivity contribution is -0.302. The summed E-state index contributed by atoms with van der Waals surface area (Å²) in [4.78, 5) is 25.4. The molecule has 0 radical (unpaired) electrons. The number of esters is 1. The van der Waals surface area contributed by atoms with Crippen LogP contribution in [0.3, 0.4) is 0 Å². The lowest BCUT2D eigenvalue weighted by Gasteiger charge is -2.40. The van der Waals surface area contributed by atoms with Crippen LogP contribution in [0.25, 0.3) is 0 Å². The minimum atomic E-state index is -1.64. The Bertz CT molecular complexity index is 992. The molecule has 0 aromatic carbocycles. The van der Waals surface area contributed by atoms with E-state index >= 15 is 0 Å². The SMILES string of the molecule is CCCCCCCCC/C=C\CC/C=C/[C@@H](O)[C@H](CO[C@@H]1O[C@H](CO)[C@@H](O)[C@H](O)[C@H]1O)NC(=O)[C@@H](CCCCCCCCCCCCCCCC)OC(C)=O. The van der Waals surface area contributed by atoms with Crippen molar-refractivity contribution in [2.45, 2.75) is 230 Å². The monoisotopic (exact) mass is 784 g/mol. The van der Waals surface area contributed by atoms with E-state index in [1.807, 2.05) is 6.08 Å². The highest BCUT2D eigenvalue weighted by Crippen LogP contribution is 2.23. The predicted molar refractivity (Wildman–Crippen MR) is 218 cm³/mol. The van der Waals surface area contributed by atoms with Gasteiger partial charge in [-0.2, -0.15) is 0 Å². The number of carbonyl (C=O) groups is 2. The number of hydrogen-bond donors (Lipinski definition) is 6. The Labute approximate surface area is 333 Å². The zero-order chi connectivity index (χ0) is 40.5. The van der Waals surface area contributed by atoms with E-state index in [0.717, 1.165) is 32.1 Å². The smallest absolute Gasteiger partial charge is 0.303 e. The van der Waals surface area contributed by atoms with Gasteiger partial charge in [0.2, 0.25) is 0 Å². The summed E-state index contributed by atoms with van der Waals surface area (Å²) in [7, 11) is 0. The maximum absolute atomic E-state index is 13.5. The normalized spacial score (nSPS) is 21.9. The summed E-state index contributed by atoms with van der Waals surface area (Å²) in [6.07, 6.45) is 26.6.